The van der Waals surface area contributed by atoms with Crippen molar-refractivity contribution in [1.29, 1.82) is 0 Å². The van der Waals surface area contributed by atoms with Crippen LogP contribution < -0.4 is 0 Å². The lowest BCUT2D eigenvalue weighted by molar-refractivity contribution is -0.141. The van der Waals surface area contributed by atoms with Gasteiger partial charge in [0, 0.05) is 27.2 Å². The van der Waals surface area contributed by atoms with Crippen molar-refractivity contribution in [3.05, 3.63) is 35.9 Å². The summed E-state index contributed by atoms with van der Waals surface area (Å²) in [6.07, 6.45) is 3.14. The normalized spacial score (nSPS) is 28.4. The first-order valence-electron chi connectivity index (χ1n) is 8.26. The van der Waals surface area contributed by atoms with Gasteiger partial charge in [-0.15, -0.1) is 0 Å². The van der Waals surface area contributed by atoms with Gasteiger partial charge in [-0.2, -0.15) is 0 Å². The van der Waals surface area contributed by atoms with Crippen molar-refractivity contribution < 1.29 is 9.53 Å². The molecule has 22 heavy (non-hydrogen) atoms. The summed E-state index contributed by atoms with van der Waals surface area (Å²) in [5.41, 5.74) is 1.39. The Bertz CT molecular complexity index is 503. The number of rotatable bonds is 4. The van der Waals surface area contributed by atoms with Crippen molar-refractivity contribution in [2.24, 2.45) is 5.92 Å². The summed E-state index contributed by atoms with van der Waals surface area (Å²) < 4.78 is 6.04. The number of amides is 1. The summed E-state index contributed by atoms with van der Waals surface area (Å²) in [6.45, 7) is 3.16. The second kappa shape index (κ2) is 6.80. The summed E-state index contributed by atoms with van der Waals surface area (Å²) in [7, 11) is 3.61. The van der Waals surface area contributed by atoms with Gasteiger partial charge in [0.15, 0.2) is 0 Å². The fourth-order valence-corrected chi connectivity index (χ4v) is 3.58. The van der Waals surface area contributed by atoms with Gasteiger partial charge < -0.3 is 14.5 Å². The molecule has 1 aromatic carbocycles. The van der Waals surface area contributed by atoms with Crippen LogP contribution in [0.4, 0.5) is 0 Å². The van der Waals surface area contributed by atoms with Crippen LogP contribution in [0.3, 0.4) is 0 Å². The molecule has 0 aliphatic carbocycles. The van der Waals surface area contributed by atoms with Gasteiger partial charge in [-0.1, -0.05) is 30.3 Å². The number of ether oxygens (including phenoxy) is 1. The van der Waals surface area contributed by atoms with Gasteiger partial charge in [-0.3, -0.25) is 4.79 Å². The van der Waals surface area contributed by atoms with Gasteiger partial charge in [0.05, 0.1) is 6.10 Å². The van der Waals surface area contributed by atoms with Crippen molar-refractivity contribution in [3.63, 3.8) is 0 Å². The smallest absolute Gasteiger partial charge is 0.251 e. The predicted octanol–water partition coefficient (Wildman–Crippen LogP) is 1.80. The van der Waals surface area contributed by atoms with E-state index < -0.39 is 0 Å². The molecule has 0 saturated carbocycles. The third-order valence-electron chi connectivity index (χ3n) is 4.91. The minimum Gasteiger partial charge on any atom is -0.364 e. The van der Waals surface area contributed by atoms with Crippen LogP contribution in [0.1, 0.15) is 18.4 Å². The van der Waals surface area contributed by atoms with Crippen LogP contribution in [0.5, 0.6) is 0 Å². The third kappa shape index (κ3) is 3.50. The van der Waals surface area contributed by atoms with Crippen LogP contribution in [-0.4, -0.2) is 61.6 Å². The van der Waals surface area contributed by atoms with E-state index in [0.717, 1.165) is 38.9 Å². The zero-order chi connectivity index (χ0) is 15.5. The Balaban J connectivity index is 1.50. The van der Waals surface area contributed by atoms with Crippen molar-refractivity contribution in [2.75, 3.05) is 33.7 Å². The number of nitrogens with zero attached hydrogens (tertiary/aromatic N) is 2. The number of carbonyl (C=O) groups excluding carboxylic acids is 1. The predicted molar refractivity (Wildman–Crippen MR) is 86.7 cm³/mol. The molecule has 2 saturated heterocycles. The molecule has 2 aliphatic rings. The monoisotopic (exact) mass is 302 g/mol. The summed E-state index contributed by atoms with van der Waals surface area (Å²) in [6, 6.07) is 10.6. The molecule has 0 N–H and O–H groups in total. The van der Waals surface area contributed by atoms with E-state index in [1.807, 2.05) is 0 Å². The van der Waals surface area contributed by atoms with Gasteiger partial charge in [0.2, 0.25) is 0 Å². The SMILES string of the molecule is CN(C)C(=O)[C@@H]1C[C@@H]2CCN(CCc3ccccc3)C[C@H]2O1. The van der Waals surface area contributed by atoms with E-state index in [9.17, 15) is 4.79 Å². The van der Waals surface area contributed by atoms with Gasteiger partial charge in [0.1, 0.15) is 6.10 Å². The Kier molecular flexibility index (Phi) is 4.79. The van der Waals surface area contributed by atoms with E-state index in [1.54, 1.807) is 19.0 Å². The van der Waals surface area contributed by atoms with Crippen LogP contribution in [0.15, 0.2) is 30.3 Å². The lowest BCUT2D eigenvalue weighted by Crippen LogP contribution is -2.43. The fraction of sp³-hybridized carbons (Fsp3) is 0.611. The molecular weight excluding hydrogens is 276 g/mol. The lowest BCUT2D eigenvalue weighted by atomic mass is 9.91. The first-order valence-corrected chi connectivity index (χ1v) is 8.26. The fourth-order valence-electron chi connectivity index (χ4n) is 3.58. The topological polar surface area (TPSA) is 32.8 Å². The van der Waals surface area contributed by atoms with Gasteiger partial charge in [0.25, 0.3) is 5.91 Å². The van der Waals surface area contributed by atoms with Crippen LogP contribution in [-0.2, 0) is 16.0 Å². The molecule has 1 amide bonds. The average molecular weight is 302 g/mol. The highest BCUT2D eigenvalue weighted by Gasteiger charge is 2.42. The Labute approximate surface area is 133 Å². The molecule has 3 atom stereocenters. The third-order valence-corrected chi connectivity index (χ3v) is 4.91. The molecule has 4 heteroatoms. The molecule has 0 aromatic heterocycles. The van der Waals surface area contributed by atoms with Crippen LogP contribution in [0, 0.1) is 5.92 Å². The van der Waals surface area contributed by atoms with Crippen LogP contribution in [0.2, 0.25) is 0 Å². The number of carbonyl (C=O) groups is 1. The minimum absolute atomic E-state index is 0.116. The van der Waals surface area contributed by atoms with Crippen LogP contribution in [0.25, 0.3) is 0 Å². The largest absolute Gasteiger partial charge is 0.364 e. The molecule has 120 valence electrons. The number of likely N-dealkylation sites (tertiary alicyclic amines) is 1. The maximum atomic E-state index is 12.1. The van der Waals surface area contributed by atoms with E-state index in [2.05, 4.69) is 35.2 Å². The summed E-state index contributed by atoms with van der Waals surface area (Å²) in [5.74, 6) is 0.673. The summed E-state index contributed by atoms with van der Waals surface area (Å²) in [5, 5.41) is 0. The first-order chi connectivity index (χ1) is 10.6. The molecule has 0 spiro atoms. The van der Waals surface area contributed by atoms with Crippen molar-refractivity contribution >= 4 is 5.91 Å². The number of fused-ring (bicyclic) bond motifs is 1. The summed E-state index contributed by atoms with van der Waals surface area (Å²) >= 11 is 0. The zero-order valence-electron chi connectivity index (χ0n) is 13.6. The Hall–Kier alpha value is -1.39. The standard InChI is InChI=1S/C18H26N2O2/c1-19(2)18(21)16-12-15-9-11-20(13-17(15)22-16)10-8-14-6-4-3-5-7-14/h3-7,15-17H,8-13H2,1-2H3/t15-,16-,17+/m0/s1. The van der Waals surface area contributed by atoms with E-state index in [4.69, 9.17) is 4.74 Å². The van der Waals surface area contributed by atoms with E-state index in [0.29, 0.717) is 5.92 Å². The Morgan fingerprint density at radius 3 is 2.82 bits per heavy atom. The van der Waals surface area contributed by atoms with E-state index in [-0.39, 0.29) is 18.1 Å². The zero-order valence-corrected chi connectivity index (χ0v) is 13.6. The molecule has 2 aliphatic heterocycles. The summed E-state index contributed by atoms with van der Waals surface area (Å²) in [4.78, 5) is 16.2. The molecular formula is C18H26N2O2. The second-order valence-electron chi connectivity index (χ2n) is 6.72. The van der Waals surface area contributed by atoms with Crippen molar-refractivity contribution in [3.8, 4) is 0 Å². The molecule has 0 radical (unpaired) electrons. The second-order valence-corrected chi connectivity index (χ2v) is 6.72. The van der Waals surface area contributed by atoms with Crippen molar-refractivity contribution in [2.45, 2.75) is 31.5 Å². The minimum atomic E-state index is -0.223. The van der Waals surface area contributed by atoms with Crippen LogP contribution >= 0.6 is 0 Å². The maximum absolute atomic E-state index is 12.1. The Morgan fingerprint density at radius 1 is 1.32 bits per heavy atom. The first kappa shape index (κ1) is 15.5. The highest BCUT2D eigenvalue weighted by Crippen LogP contribution is 2.33. The lowest BCUT2D eigenvalue weighted by Gasteiger charge is -2.34. The number of piperidine rings is 1. The maximum Gasteiger partial charge on any atom is 0.251 e. The molecule has 3 rings (SSSR count). The molecule has 1 aromatic rings. The molecule has 2 heterocycles. The van der Waals surface area contributed by atoms with E-state index in [1.165, 1.54) is 5.56 Å². The van der Waals surface area contributed by atoms with Gasteiger partial charge >= 0.3 is 0 Å². The highest BCUT2D eigenvalue weighted by atomic mass is 16.5. The average Bonchev–Trinajstić information content (AvgIpc) is 2.96. The molecule has 2 fully saturated rings. The van der Waals surface area contributed by atoms with E-state index >= 15 is 0 Å². The highest BCUT2D eigenvalue weighted by molar-refractivity contribution is 5.80. The molecule has 0 unspecified atom stereocenters. The number of hydrogen-bond acceptors (Lipinski definition) is 3. The number of likely N-dealkylation sites (N-methyl/N-ethyl adjacent to an activating group) is 1. The number of hydrogen-bond donors (Lipinski definition) is 0. The number of benzene rings is 1. The quantitative estimate of drug-likeness (QED) is 0.850. The van der Waals surface area contributed by atoms with Gasteiger partial charge in [-0.25, -0.2) is 0 Å². The van der Waals surface area contributed by atoms with Crippen molar-refractivity contribution in [1.82, 2.24) is 9.80 Å². The molecule has 0 bridgehead atoms. The molecule has 4 nitrogen and oxygen atoms in total. The Morgan fingerprint density at radius 2 is 2.09 bits per heavy atom. The van der Waals surface area contributed by atoms with Gasteiger partial charge in [-0.05, 0) is 37.3 Å².